The highest BCUT2D eigenvalue weighted by molar-refractivity contribution is 9.09. The minimum absolute atomic E-state index is 0.114. The van der Waals surface area contributed by atoms with Crippen LogP contribution in [0, 0.1) is 5.82 Å². The average molecular weight is 404 g/mol. The summed E-state index contributed by atoms with van der Waals surface area (Å²) in [7, 11) is 0. The molecule has 1 nitrogen and oxygen atoms in total. The second-order valence-electron chi connectivity index (χ2n) is 5.69. The second-order valence-corrected chi connectivity index (χ2v) is 8.17. The summed E-state index contributed by atoms with van der Waals surface area (Å²) in [5.74, 6) is 0.771. The monoisotopic (exact) mass is 403 g/mol. The number of hydrogen-bond acceptors (Lipinski definition) is 2. The molecule has 0 aliphatic heterocycles. The Bertz CT molecular complexity index is 849. The van der Waals surface area contributed by atoms with Crippen LogP contribution in [-0.2, 0) is 0 Å². The Morgan fingerprint density at radius 3 is 2.58 bits per heavy atom. The first-order valence-electron chi connectivity index (χ1n) is 8.07. The maximum Gasteiger partial charge on any atom is 0.124 e. The van der Waals surface area contributed by atoms with Crippen molar-refractivity contribution in [3.05, 3.63) is 60.0 Å². The van der Waals surface area contributed by atoms with Crippen LogP contribution in [0.2, 0.25) is 0 Å². The lowest BCUT2D eigenvalue weighted by Gasteiger charge is -2.18. The molecule has 3 rings (SSSR count). The molecule has 1 atom stereocenters. The molecule has 1 heterocycles. The summed E-state index contributed by atoms with van der Waals surface area (Å²) in [6.07, 6.45) is 1.07. The first-order chi connectivity index (χ1) is 11.6. The van der Waals surface area contributed by atoms with Crippen LogP contribution in [-0.4, -0.2) is 10.7 Å². The van der Waals surface area contributed by atoms with Gasteiger partial charge in [0.05, 0.1) is 16.0 Å². The molecule has 24 heavy (non-hydrogen) atoms. The number of fused-ring (bicyclic) bond motifs is 1. The van der Waals surface area contributed by atoms with Gasteiger partial charge in [-0.15, -0.1) is 11.8 Å². The van der Waals surface area contributed by atoms with Crippen molar-refractivity contribution in [2.24, 2.45) is 0 Å². The van der Waals surface area contributed by atoms with Crippen molar-refractivity contribution >= 4 is 38.6 Å². The number of benzene rings is 2. The topological polar surface area (TPSA) is 12.9 Å². The molecule has 1 unspecified atom stereocenters. The van der Waals surface area contributed by atoms with E-state index in [9.17, 15) is 4.39 Å². The zero-order valence-corrected chi connectivity index (χ0v) is 16.1. The number of hydrogen-bond donors (Lipinski definition) is 0. The van der Waals surface area contributed by atoms with E-state index in [0.717, 1.165) is 44.8 Å². The van der Waals surface area contributed by atoms with Crippen molar-refractivity contribution in [2.75, 3.05) is 5.75 Å². The molecule has 0 N–H and O–H groups in total. The summed E-state index contributed by atoms with van der Waals surface area (Å²) in [5.41, 5.74) is 4.07. The second kappa shape index (κ2) is 7.66. The molecule has 0 radical (unpaired) electrons. The Balaban J connectivity index is 2.37. The lowest BCUT2D eigenvalue weighted by Crippen LogP contribution is -2.00. The molecule has 0 spiro atoms. The zero-order valence-electron chi connectivity index (χ0n) is 13.7. The van der Waals surface area contributed by atoms with Gasteiger partial charge in [0.25, 0.3) is 0 Å². The first-order valence-corrected chi connectivity index (χ1v) is 9.97. The molecule has 0 aliphatic rings. The summed E-state index contributed by atoms with van der Waals surface area (Å²) in [5, 5.41) is 0.893. The van der Waals surface area contributed by atoms with E-state index in [4.69, 9.17) is 4.98 Å². The predicted molar refractivity (Wildman–Crippen MR) is 105 cm³/mol. The number of thioether (sulfide) groups is 1. The summed E-state index contributed by atoms with van der Waals surface area (Å²) in [6, 6.07) is 15.1. The van der Waals surface area contributed by atoms with Gasteiger partial charge >= 0.3 is 0 Å². The van der Waals surface area contributed by atoms with Crippen LogP contribution >= 0.6 is 27.7 Å². The van der Waals surface area contributed by atoms with Gasteiger partial charge in [0, 0.05) is 15.8 Å². The normalized spacial score (nSPS) is 12.5. The molecule has 0 saturated heterocycles. The van der Waals surface area contributed by atoms with Crippen molar-refractivity contribution in [2.45, 2.75) is 30.0 Å². The number of aromatic nitrogens is 1. The third-order valence-corrected chi connectivity index (χ3v) is 5.58. The Morgan fingerprint density at radius 2 is 1.92 bits per heavy atom. The van der Waals surface area contributed by atoms with E-state index in [-0.39, 0.29) is 10.6 Å². The van der Waals surface area contributed by atoms with E-state index in [1.54, 1.807) is 23.9 Å². The van der Waals surface area contributed by atoms with E-state index < -0.39 is 0 Å². The Labute approximate surface area is 154 Å². The molecule has 0 aliphatic carbocycles. The lowest BCUT2D eigenvalue weighted by molar-refractivity contribution is 0.629. The molecule has 0 amide bonds. The summed E-state index contributed by atoms with van der Waals surface area (Å²) >= 11 is 5.47. The Morgan fingerprint density at radius 1 is 1.17 bits per heavy atom. The van der Waals surface area contributed by atoms with Gasteiger partial charge in [0.2, 0.25) is 0 Å². The number of pyridine rings is 1. The molecular weight excluding hydrogens is 385 g/mol. The molecule has 3 aromatic rings. The molecule has 1 aromatic heterocycles. The quantitative estimate of drug-likeness (QED) is 0.335. The Hall–Kier alpha value is -1.39. The standard InChI is InChI=1S/C20H19BrFNS/c1-3-11-24-20-16-12-15(22)9-10-17(16)23-19(13(2)21)18(20)14-7-5-4-6-8-14/h4-10,12-13H,3,11H2,1-2H3. The highest BCUT2D eigenvalue weighted by Crippen LogP contribution is 2.42. The predicted octanol–water partition coefficient (Wildman–Crippen LogP) is 7.00. The maximum atomic E-state index is 13.9. The smallest absolute Gasteiger partial charge is 0.124 e. The van der Waals surface area contributed by atoms with E-state index in [1.165, 1.54) is 6.07 Å². The minimum atomic E-state index is -0.221. The minimum Gasteiger partial charge on any atom is -0.251 e. The molecule has 0 saturated carbocycles. The van der Waals surface area contributed by atoms with Crippen LogP contribution in [0.1, 0.15) is 30.8 Å². The fourth-order valence-electron chi connectivity index (χ4n) is 2.75. The van der Waals surface area contributed by atoms with Crippen molar-refractivity contribution in [3.63, 3.8) is 0 Å². The third-order valence-electron chi connectivity index (χ3n) is 3.82. The van der Waals surface area contributed by atoms with Crippen LogP contribution in [0.25, 0.3) is 22.0 Å². The highest BCUT2D eigenvalue weighted by Gasteiger charge is 2.20. The SMILES string of the molecule is CCCSc1c(-c2ccccc2)c(C(C)Br)nc2ccc(F)cc12. The van der Waals surface area contributed by atoms with Crippen molar-refractivity contribution in [1.82, 2.24) is 4.98 Å². The van der Waals surface area contributed by atoms with Gasteiger partial charge in [-0.2, -0.15) is 0 Å². The average Bonchev–Trinajstić information content (AvgIpc) is 2.59. The van der Waals surface area contributed by atoms with E-state index >= 15 is 0 Å². The van der Waals surface area contributed by atoms with Crippen molar-refractivity contribution < 1.29 is 4.39 Å². The van der Waals surface area contributed by atoms with E-state index in [2.05, 4.69) is 41.9 Å². The third kappa shape index (κ3) is 3.50. The number of nitrogens with zero attached hydrogens (tertiary/aromatic N) is 1. The highest BCUT2D eigenvalue weighted by atomic mass is 79.9. The molecule has 2 aromatic carbocycles. The van der Waals surface area contributed by atoms with Gasteiger partial charge in [0.1, 0.15) is 5.82 Å². The molecular formula is C20H19BrFNS. The Kier molecular flexibility index (Phi) is 5.57. The number of alkyl halides is 1. The van der Waals surface area contributed by atoms with Gasteiger partial charge in [-0.3, -0.25) is 4.98 Å². The summed E-state index contributed by atoms with van der Waals surface area (Å²) in [6.45, 7) is 4.24. The van der Waals surface area contributed by atoms with Crippen LogP contribution in [0.4, 0.5) is 4.39 Å². The van der Waals surface area contributed by atoms with Gasteiger partial charge in [-0.1, -0.05) is 53.2 Å². The number of rotatable bonds is 5. The maximum absolute atomic E-state index is 13.9. The van der Waals surface area contributed by atoms with Crippen LogP contribution in [0.5, 0.6) is 0 Å². The van der Waals surface area contributed by atoms with Crippen molar-refractivity contribution in [1.29, 1.82) is 0 Å². The van der Waals surface area contributed by atoms with E-state index in [0.29, 0.717) is 0 Å². The van der Waals surface area contributed by atoms with Gasteiger partial charge in [-0.05, 0) is 42.9 Å². The van der Waals surface area contributed by atoms with Gasteiger partial charge in [0.15, 0.2) is 0 Å². The molecule has 0 fully saturated rings. The molecule has 124 valence electrons. The zero-order chi connectivity index (χ0) is 17.1. The van der Waals surface area contributed by atoms with Crippen LogP contribution in [0.15, 0.2) is 53.4 Å². The van der Waals surface area contributed by atoms with Gasteiger partial charge < -0.3 is 0 Å². The molecule has 4 heteroatoms. The molecule has 0 bridgehead atoms. The van der Waals surface area contributed by atoms with Crippen LogP contribution < -0.4 is 0 Å². The first kappa shape index (κ1) is 17.4. The lowest BCUT2D eigenvalue weighted by atomic mass is 10.00. The van der Waals surface area contributed by atoms with Crippen molar-refractivity contribution in [3.8, 4) is 11.1 Å². The summed E-state index contributed by atoms with van der Waals surface area (Å²) < 4.78 is 13.9. The fraction of sp³-hybridized carbons (Fsp3) is 0.250. The summed E-state index contributed by atoms with van der Waals surface area (Å²) in [4.78, 5) is 6.07. The van der Waals surface area contributed by atoms with E-state index in [1.807, 2.05) is 18.2 Å². The largest absolute Gasteiger partial charge is 0.251 e. The fourth-order valence-corrected chi connectivity index (χ4v) is 4.18. The van der Waals surface area contributed by atoms with Crippen LogP contribution in [0.3, 0.4) is 0 Å². The van der Waals surface area contributed by atoms with Gasteiger partial charge in [-0.25, -0.2) is 4.39 Å². The number of halogens is 2.